The van der Waals surface area contributed by atoms with Crippen molar-refractivity contribution in [3.8, 4) is 0 Å². The highest BCUT2D eigenvalue weighted by molar-refractivity contribution is 6.48. The number of hydrogen-bond donors (Lipinski definition) is 1. The summed E-state index contributed by atoms with van der Waals surface area (Å²) in [5.41, 5.74) is 0. The molecule has 0 radical (unpaired) electrons. The molecule has 0 aromatic heterocycles. The number of allylic oxidation sites excluding steroid dienone is 2. The highest BCUT2D eigenvalue weighted by atomic mass is 35.5. The lowest BCUT2D eigenvalue weighted by Crippen LogP contribution is -2.36. The molecule has 3 nitrogen and oxygen atoms in total. The molecule has 1 fully saturated rings. The topological polar surface area (TPSA) is 46.2 Å². The molecule has 0 spiro atoms. The average Bonchev–Trinajstić information content (AvgIpc) is 2.33. The highest BCUT2D eigenvalue weighted by Gasteiger charge is 2.55. The Bertz CT molecular complexity index is 401. The fraction of sp³-hybridized carbons (Fsp3) is 0.250. The summed E-state index contributed by atoms with van der Waals surface area (Å²) in [5.74, 6) is -1.99. The molecule has 1 saturated heterocycles. The summed E-state index contributed by atoms with van der Waals surface area (Å²) in [4.78, 5) is 21.3. The Balaban J connectivity index is 2.57. The van der Waals surface area contributed by atoms with E-state index in [9.17, 15) is 9.59 Å². The number of halogens is 3. The molecule has 2 unspecified atom stereocenters. The van der Waals surface area contributed by atoms with E-state index in [0.29, 0.717) is 0 Å². The van der Waals surface area contributed by atoms with Crippen molar-refractivity contribution in [1.82, 2.24) is 5.32 Å². The molecule has 0 aromatic carbocycles. The van der Waals surface area contributed by atoms with Crippen molar-refractivity contribution in [3.63, 3.8) is 0 Å². The van der Waals surface area contributed by atoms with Gasteiger partial charge in [0, 0.05) is 0 Å². The standard InChI is InChI=1S/C8H4Cl3NO2/c9-3-1-2-8(11)4(5(3)10)6(13)12-7(8)14/h1-2,4H,(H,12,13,14). The summed E-state index contributed by atoms with van der Waals surface area (Å²) < 4.78 is 0. The lowest BCUT2D eigenvalue weighted by atomic mass is 9.89. The summed E-state index contributed by atoms with van der Waals surface area (Å²) in [6.45, 7) is 0. The van der Waals surface area contributed by atoms with Gasteiger partial charge in [-0.25, -0.2) is 0 Å². The van der Waals surface area contributed by atoms with Crippen LogP contribution >= 0.6 is 34.8 Å². The first-order valence-corrected chi connectivity index (χ1v) is 4.89. The van der Waals surface area contributed by atoms with Gasteiger partial charge in [-0.3, -0.25) is 14.9 Å². The fourth-order valence-corrected chi connectivity index (χ4v) is 2.37. The minimum atomic E-state index is -1.41. The minimum Gasteiger partial charge on any atom is -0.294 e. The maximum Gasteiger partial charge on any atom is 0.252 e. The molecule has 14 heavy (non-hydrogen) atoms. The molecule has 2 aliphatic rings. The SMILES string of the molecule is O=C1NC(=O)C2(Cl)C=CC(Cl)=C(Cl)C12. The zero-order valence-corrected chi connectivity index (χ0v) is 8.95. The van der Waals surface area contributed by atoms with Gasteiger partial charge >= 0.3 is 0 Å². The van der Waals surface area contributed by atoms with Gasteiger partial charge in [-0.05, 0) is 6.08 Å². The number of fused-ring (bicyclic) bond motifs is 1. The van der Waals surface area contributed by atoms with Crippen LogP contribution in [0.15, 0.2) is 22.2 Å². The molecular weight excluding hydrogens is 248 g/mol. The molecule has 74 valence electrons. The van der Waals surface area contributed by atoms with Crippen molar-refractivity contribution in [3.05, 3.63) is 22.2 Å². The van der Waals surface area contributed by atoms with E-state index >= 15 is 0 Å². The molecule has 1 aliphatic heterocycles. The first-order valence-electron chi connectivity index (χ1n) is 3.75. The van der Waals surface area contributed by atoms with Crippen LogP contribution in [-0.2, 0) is 9.59 Å². The Labute approximate surface area is 94.7 Å². The number of alkyl halides is 1. The largest absolute Gasteiger partial charge is 0.294 e. The van der Waals surface area contributed by atoms with Crippen LogP contribution in [0.3, 0.4) is 0 Å². The molecule has 2 rings (SSSR count). The van der Waals surface area contributed by atoms with Gasteiger partial charge in [-0.15, -0.1) is 11.6 Å². The van der Waals surface area contributed by atoms with Gasteiger partial charge in [0.25, 0.3) is 5.91 Å². The second-order valence-corrected chi connectivity index (χ2v) is 4.49. The van der Waals surface area contributed by atoms with E-state index in [0.717, 1.165) is 0 Å². The van der Waals surface area contributed by atoms with Gasteiger partial charge in [-0.2, -0.15) is 0 Å². The number of imide groups is 1. The van der Waals surface area contributed by atoms with Crippen LogP contribution in [0.2, 0.25) is 0 Å². The number of amides is 2. The van der Waals surface area contributed by atoms with Crippen molar-refractivity contribution in [2.75, 3.05) is 0 Å². The number of hydrogen-bond acceptors (Lipinski definition) is 2. The van der Waals surface area contributed by atoms with E-state index in [1.807, 2.05) is 0 Å². The Hall–Kier alpha value is -0.510. The van der Waals surface area contributed by atoms with Gasteiger partial charge in [-0.1, -0.05) is 29.3 Å². The number of rotatable bonds is 0. The van der Waals surface area contributed by atoms with Gasteiger partial charge in [0.05, 0.1) is 10.1 Å². The molecule has 0 bridgehead atoms. The third-order valence-corrected chi connectivity index (χ3v) is 3.58. The van der Waals surface area contributed by atoms with Gasteiger partial charge in [0.1, 0.15) is 5.92 Å². The Morgan fingerprint density at radius 1 is 1.36 bits per heavy atom. The van der Waals surface area contributed by atoms with Crippen molar-refractivity contribution < 1.29 is 9.59 Å². The predicted octanol–water partition coefficient (Wildman–Crippen LogP) is 1.50. The summed E-state index contributed by atoms with van der Waals surface area (Å²) >= 11 is 17.5. The van der Waals surface area contributed by atoms with Crippen LogP contribution in [0, 0.1) is 5.92 Å². The molecule has 1 heterocycles. The van der Waals surface area contributed by atoms with Crippen LogP contribution in [0.1, 0.15) is 0 Å². The second kappa shape index (κ2) is 2.99. The summed E-state index contributed by atoms with van der Waals surface area (Å²) in [7, 11) is 0. The first kappa shape index (κ1) is 10.0. The van der Waals surface area contributed by atoms with Crippen LogP contribution in [0.4, 0.5) is 0 Å². The number of carbonyl (C=O) groups is 2. The van der Waals surface area contributed by atoms with Gasteiger partial charge < -0.3 is 0 Å². The maximum atomic E-state index is 11.4. The van der Waals surface area contributed by atoms with E-state index in [1.165, 1.54) is 12.2 Å². The lowest BCUT2D eigenvalue weighted by Gasteiger charge is -2.23. The molecule has 6 heteroatoms. The average molecular weight is 252 g/mol. The molecular formula is C8H4Cl3NO2. The van der Waals surface area contributed by atoms with E-state index < -0.39 is 22.6 Å². The zero-order valence-electron chi connectivity index (χ0n) is 6.68. The minimum absolute atomic E-state index is 0.104. The Kier molecular flexibility index (Phi) is 2.14. The molecule has 1 N–H and O–H groups in total. The van der Waals surface area contributed by atoms with E-state index in [-0.39, 0.29) is 10.1 Å². The molecule has 2 amide bonds. The Morgan fingerprint density at radius 3 is 2.64 bits per heavy atom. The van der Waals surface area contributed by atoms with Crippen LogP contribution in [-0.4, -0.2) is 16.7 Å². The van der Waals surface area contributed by atoms with Crippen molar-refractivity contribution in [2.24, 2.45) is 5.92 Å². The van der Waals surface area contributed by atoms with E-state index in [4.69, 9.17) is 34.8 Å². The highest BCUT2D eigenvalue weighted by Crippen LogP contribution is 2.44. The van der Waals surface area contributed by atoms with Crippen LogP contribution < -0.4 is 5.32 Å². The first-order chi connectivity index (χ1) is 6.47. The van der Waals surface area contributed by atoms with E-state index in [1.54, 1.807) is 0 Å². The summed E-state index contributed by atoms with van der Waals surface area (Å²) in [6, 6.07) is 0. The van der Waals surface area contributed by atoms with Crippen molar-refractivity contribution in [1.29, 1.82) is 0 Å². The number of nitrogens with one attached hydrogen (secondary N) is 1. The molecule has 0 saturated carbocycles. The predicted molar refractivity (Wildman–Crippen MR) is 53.1 cm³/mol. The smallest absolute Gasteiger partial charge is 0.252 e. The lowest BCUT2D eigenvalue weighted by molar-refractivity contribution is -0.125. The van der Waals surface area contributed by atoms with E-state index in [2.05, 4.69) is 5.32 Å². The maximum absolute atomic E-state index is 11.4. The third kappa shape index (κ3) is 1.13. The third-order valence-electron chi connectivity index (χ3n) is 2.22. The van der Waals surface area contributed by atoms with Gasteiger partial charge in [0.15, 0.2) is 4.87 Å². The molecule has 1 aliphatic carbocycles. The second-order valence-electron chi connectivity index (χ2n) is 3.05. The summed E-state index contributed by atoms with van der Waals surface area (Å²) in [5, 5.41) is 2.45. The molecule has 2 atom stereocenters. The van der Waals surface area contributed by atoms with Crippen molar-refractivity contribution in [2.45, 2.75) is 4.87 Å². The normalized spacial score (nSPS) is 36.1. The zero-order chi connectivity index (χ0) is 10.5. The molecule has 0 aromatic rings. The Morgan fingerprint density at radius 2 is 2.00 bits per heavy atom. The van der Waals surface area contributed by atoms with Crippen LogP contribution in [0.5, 0.6) is 0 Å². The summed E-state index contributed by atoms with van der Waals surface area (Å²) in [6.07, 6.45) is 2.80. The van der Waals surface area contributed by atoms with Gasteiger partial charge in [0.2, 0.25) is 5.91 Å². The quantitative estimate of drug-likeness (QED) is 0.524. The van der Waals surface area contributed by atoms with Crippen molar-refractivity contribution >= 4 is 46.6 Å². The monoisotopic (exact) mass is 251 g/mol. The fourth-order valence-electron chi connectivity index (χ4n) is 1.49. The number of carbonyl (C=O) groups excluding carboxylic acids is 2. The van der Waals surface area contributed by atoms with Crippen LogP contribution in [0.25, 0.3) is 0 Å².